The Morgan fingerprint density at radius 2 is 2.50 bits per heavy atom. The highest BCUT2D eigenvalue weighted by molar-refractivity contribution is 5.92. The Labute approximate surface area is 107 Å². The molecule has 2 heterocycles. The number of likely N-dealkylation sites (tertiary alicyclic amines) is 1. The highest BCUT2D eigenvalue weighted by atomic mass is 16.3. The lowest BCUT2D eigenvalue weighted by Crippen LogP contribution is -2.48. The van der Waals surface area contributed by atoms with Crippen molar-refractivity contribution in [3.8, 4) is 0 Å². The van der Waals surface area contributed by atoms with Gasteiger partial charge in [-0.05, 0) is 25.3 Å². The third-order valence-electron chi connectivity index (χ3n) is 3.80. The van der Waals surface area contributed by atoms with Crippen molar-refractivity contribution >= 4 is 5.91 Å². The van der Waals surface area contributed by atoms with Gasteiger partial charge in [-0.3, -0.25) is 9.89 Å². The number of hydrogen-bond acceptors (Lipinski definition) is 3. The van der Waals surface area contributed by atoms with Gasteiger partial charge in [0.1, 0.15) is 5.69 Å². The second-order valence-corrected chi connectivity index (χ2v) is 5.21. The standard InChI is InChI=1S/C13H21N3O2/c1-2-5-13(10-17)6-3-8-16(9-13)12(18)11-4-7-14-15-11/h4,7,17H,2-3,5-6,8-10H2,1H3,(H,14,15)/t13-/m0/s1. The SMILES string of the molecule is CCC[C@]1(CO)CCCN(C(=O)c2ccn[nH]2)C1. The molecule has 2 rings (SSSR count). The number of aliphatic hydroxyl groups excluding tert-OH is 1. The number of piperidine rings is 1. The number of nitrogens with zero attached hydrogens (tertiary/aromatic N) is 2. The van der Waals surface area contributed by atoms with E-state index in [0.717, 1.165) is 32.2 Å². The molecular weight excluding hydrogens is 230 g/mol. The average molecular weight is 251 g/mol. The molecule has 1 aromatic rings. The van der Waals surface area contributed by atoms with Gasteiger partial charge in [-0.1, -0.05) is 13.3 Å². The zero-order valence-corrected chi connectivity index (χ0v) is 10.9. The molecule has 0 aromatic carbocycles. The number of nitrogens with one attached hydrogen (secondary N) is 1. The fraction of sp³-hybridized carbons (Fsp3) is 0.692. The molecule has 0 radical (unpaired) electrons. The van der Waals surface area contributed by atoms with Gasteiger partial charge >= 0.3 is 0 Å². The van der Waals surface area contributed by atoms with Gasteiger partial charge < -0.3 is 10.0 Å². The van der Waals surface area contributed by atoms with E-state index in [0.29, 0.717) is 12.2 Å². The Kier molecular flexibility index (Phi) is 4.01. The van der Waals surface area contributed by atoms with Crippen LogP contribution in [-0.2, 0) is 0 Å². The van der Waals surface area contributed by atoms with E-state index in [1.165, 1.54) is 0 Å². The Morgan fingerprint density at radius 3 is 3.11 bits per heavy atom. The van der Waals surface area contributed by atoms with Gasteiger partial charge in [0.15, 0.2) is 0 Å². The molecule has 5 heteroatoms. The second kappa shape index (κ2) is 5.52. The Hall–Kier alpha value is -1.36. The van der Waals surface area contributed by atoms with Crippen LogP contribution in [0, 0.1) is 5.41 Å². The first-order valence-corrected chi connectivity index (χ1v) is 6.60. The predicted molar refractivity (Wildman–Crippen MR) is 68.2 cm³/mol. The van der Waals surface area contributed by atoms with Crippen molar-refractivity contribution < 1.29 is 9.90 Å². The molecule has 0 saturated carbocycles. The van der Waals surface area contributed by atoms with E-state index < -0.39 is 0 Å². The van der Waals surface area contributed by atoms with E-state index in [4.69, 9.17) is 0 Å². The Morgan fingerprint density at radius 1 is 1.67 bits per heavy atom. The number of carbonyl (C=O) groups is 1. The average Bonchev–Trinajstić information content (AvgIpc) is 2.92. The number of aliphatic hydroxyl groups is 1. The number of aromatic nitrogens is 2. The monoisotopic (exact) mass is 251 g/mol. The minimum Gasteiger partial charge on any atom is -0.396 e. The largest absolute Gasteiger partial charge is 0.396 e. The quantitative estimate of drug-likeness (QED) is 0.850. The van der Waals surface area contributed by atoms with E-state index in [1.54, 1.807) is 12.3 Å². The van der Waals surface area contributed by atoms with Crippen molar-refractivity contribution in [3.05, 3.63) is 18.0 Å². The molecule has 1 aromatic heterocycles. The van der Waals surface area contributed by atoms with Crippen molar-refractivity contribution in [1.82, 2.24) is 15.1 Å². The summed E-state index contributed by atoms with van der Waals surface area (Å²) in [5, 5.41) is 16.2. The number of carbonyl (C=O) groups excluding carboxylic acids is 1. The maximum absolute atomic E-state index is 12.2. The summed E-state index contributed by atoms with van der Waals surface area (Å²) in [6, 6.07) is 1.69. The summed E-state index contributed by atoms with van der Waals surface area (Å²) in [7, 11) is 0. The summed E-state index contributed by atoms with van der Waals surface area (Å²) < 4.78 is 0. The zero-order valence-electron chi connectivity index (χ0n) is 10.9. The zero-order chi connectivity index (χ0) is 13.0. The molecule has 0 unspecified atom stereocenters. The molecule has 1 aliphatic rings. The summed E-state index contributed by atoms with van der Waals surface area (Å²) >= 11 is 0. The summed E-state index contributed by atoms with van der Waals surface area (Å²) in [5.41, 5.74) is 0.420. The maximum Gasteiger partial charge on any atom is 0.271 e. The molecule has 18 heavy (non-hydrogen) atoms. The molecule has 0 aliphatic carbocycles. The van der Waals surface area contributed by atoms with Crippen LogP contribution in [0.2, 0.25) is 0 Å². The molecule has 1 amide bonds. The van der Waals surface area contributed by atoms with E-state index in [-0.39, 0.29) is 17.9 Å². The minimum atomic E-state index is -0.108. The van der Waals surface area contributed by atoms with Crippen LogP contribution in [0.15, 0.2) is 12.3 Å². The number of amides is 1. The Balaban J connectivity index is 2.08. The third-order valence-corrected chi connectivity index (χ3v) is 3.80. The van der Waals surface area contributed by atoms with Crippen LogP contribution >= 0.6 is 0 Å². The fourth-order valence-electron chi connectivity index (χ4n) is 2.87. The third kappa shape index (κ3) is 2.56. The molecular formula is C13H21N3O2. The number of hydrogen-bond donors (Lipinski definition) is 2. The van der Waals surface area contributed by atoms with Crippen LogP contribution < -0.4 is 0 Å². The van der Waals surface area contributed by atoms with Crippen molar-refractivity contribution in [3.63, 3.8) is 0 Å². The highest BCUT2D eigenvalue weighted by Crippen LogP contribution is 2.34. The molecule has 1 fully saturated rings. The van der Waals surface area contributed by atoms with E-state index in [2.05, 4.69) is 17.1 Å². The molecule has 2 N–H and O–H groups in total. The van der Waals surface area contributed by atoms with Crippen LogP contribution in [0.3, 0.4) is 0 Å². The smallest absolute Gasteiger partial charge is 0.271 e. The van der Waals surface area contributed by atoms with E-state index in [1.807, 2.05) is 4.90 Å². The van der Waals surface area contributed by atoms with Crippen LogP contribution in [-0.4, -0.2) is 45.8 Å². The van der Waals surface area contributed by atoms with Crippen LogP contribution in [0.5, 0.6) is 0 Å². The number of rotatable bonds is 4. The van der Waals surface area contributed by atoms with Gasteiger partial charge in [0.2, 0.25) is 0 Å². The van der Waals surface area contributed by atoms with E-state index >= 15 is 0 Å². The second-order valence-electron chi connectivity index (χ2n) is 5.21. The summed E-state index contributed by atoms with van der Waals surface area (Å²) in [6.45, 7) is 3.69. The molecule has 0 bridgehead atoms. The summed E-state index contributed by atoms with van der Waals surface area (Å²) in [6.07, 6.45) is 5.55. The van der Waals surface area contributed by atoms with Gasteiger partial charge in [0.05, 0.1) is 6.61 Å². The van der Waals surface area contributed by atoms with Crippen molar-refractivity contribution in [2.24, 2.45) is 5.41 Å². The topological polar surface area (TPSA) is 69.2 Å². The summed E-state index contributed by atoms with van der Waals surface area (Å²) in [5.74, 6) is -0.0128. The molecule has 1 aliphatic heterocycles. The first-order chi connectivity index (χ1) is 8.71. The Bertz CT molecular complexity index is 387. The normalized spacial score (nSPS) is 24.2. The molecule has 5 nitrogen and oxygen atoms in total. The fourth-order valence-corrected chi connectivity index (χ4v) is 2.87. The number of aromatic amines is 1. The lowest BCUT2D eigenvalue weighted by molar-refractivity contribution is 0.0219. The van der Waals surface area contributed by atoms with Gasteiger partial charge in [-0.25, -0.2) is 0 Å². The predicted octanol–water partition coefficient (Wildman–Crippen LogP) is 1.42. The van der Waals surface area contributed by atoms with Crippen LogP contribution in [0.1, 0.15) is 43.1 Å². The number of H-pyrrole nitrogens is 1. The van der Waals surface area contributed by atoms with E-state index in [9.17, 15) is 9.90 Å². The molecule has 1 atom stereocenters. The first kappa shape index (κ1) is 13.1. The van der Waals surface area contributed by atoms with Crippen molar-refractivity contribution in [1.29, 1.82) is 0 Å². The van der Waals surface area contributed by atoms with Gasteiger partial charge in [0.25, 0.3) is 5.91 Å². The molecule has 1 saturated heterocycles. The first-order valence-electron chi connectivity index (χ1n) is 6.60. The molecule has 0 spiro atoms. The van der Waals surface area contributed by atoms with Gasteiger partial charge in [-0.2, -0.15) is 5.10 Å². The lowest BCUT2D eigenvalue weighted by atomic mass is 9.77. The maximum atomic E-state index is 12.2. The van der Waals surface area contributed by atoms with Crippen LogP contribution in [0.25, 0.3) is 0 Å². The summed E-state index contributed by atoms with van der Waals surface area (Å²) in [4.78, 5) is 14.1. The highest BCUT2D eigenvalue weighted by Gasteiger charge is 2.36. The van der Waals surface area contributed by atoms with Crippen molar-refractivity contribution in [2.75, 3.05) is 19.7 Å². The van der Waals surface area contributed by atoms with Gasteiger partial charge in [0, 0.05) is 24.7 Å². The van der Waals surface area contributed by atoms with Crippen molar-refractivity contribution in [2.45, 2.75) is 32.6 Å². The van der Waals surface area contributed by atoms with Gasteiger partial charge in [-0.15, -0.1) is 0 Å². The molecule has 100 valence electrons. The minimum absolute atomic E-state index is 0.0128. The lowest BCUT2D eigenvalue weighted by Gasteiger charge is -2.41. The van der Waals surface area contributed by atoms with Crippen LogP contribution in [0.4, 0.5) is 0 Å².